The van der Waals surface area contributed by atoms with Crippen LogP contribution >= 0.6 is 0 Å². The van der Waals surface area contributed by atoms with Crippen LogP contribution in [0, 0.1) is 0 Å². The van der Waals surface area contributed by atoms with E-state index in [0.29, 0.717) is 6.42 Å². The largest absolute Gasteiger partial charge is 0.347 e. The minimum absolute atomic E-state index is 0.0206. The molecule has 1 heterocycles. The maximum absolute atomic E-state index is 12.2. The number of carbonyl (C=O) groups excluding carboxylic acids is 2. The number of benzene rings is 1. The number of nitrogens with one attached hydrogen (secondary N) is 2. The van der Waals surface area contributed by atoms with Crippen molar-refractivity contribution in [3.63, 3.8) is 0 Å². The van der Waals surface area contributed by atoms with Crippen LogP contribution in [0.1, 0.15) is 36.9 Å². The van der Waals surface area contributed by atoms with E-state index in [1.165, 1.54) is 0 Å². The molecule has 0 fully saturated rings. The third-order valence-electron chi connectivity index (χ3n) is 3.40. The Bertz CT molecular complexity index is 590. The Labute approximate surface area is 136 Å². The van der Waals surface area contributed by atoms with Gasteiger partial charge in [0, 0.05) is 18.8 Å². The lowest BCUT2D eigenvalue weighted by Crippen LogP contribution is -2.38. The molecule has 0 spiro atoms. The summed E-state index contributed by atoms with van der Waals surface area (Å²) in [5.41, 5.74) is 1.92. The maximum atomic E-state index is 12.2. The first kappa shape index (κ1) is 16.7. The zero-order chi connectivity index (χ0) is 16.5. The van der Waals surface area contributed by atoms with E-state index in [0.717, 1.165) is 17.5 Å². The molecule has 5 heteroatoms. The molecule has 0 aliphatic carbocycles. The molecule has 1 aromatic carbocycles. The zero-order valence-electron chi connectivity index (χ0n) is 13.2. The molecule has 0 saturated heterocycles. The van der Waals surface area contributed by atoms with Crippen molar-refractivity contribution in [3.05, 3.63) is 66.0 Å². The number of amides is 2. The van der Waals surface area contributed by atoms with Gasteiger partial charge >= 0.3 is 0 Å². The molecule has 0 radical (unpaired) electrons. The van der Waals surface area contributed by atoms with Crippen LogP contribution in [0.5, 0.6) is 0 Å². The van der Waals surface area contributed by atoms with Gasteiger partial charge in [0.2, 0.25) is 11.8 Å². The minimum Gasteiger partial charge on any atom is -0.347 e. The third-order valence-corrected chi connectivity index (χ3v) is 3.40. The molecule has 5 nitrogen and oxygen atoms in total. The van der Waals surface area contributed by atoms with Crippen LogP contribution in [0.4, 0.5) is 0 Å². The second-order valence-electron chi connectivity index (χ2n) is 5.22. The fraction of sp³-hybridized carbons (Fsp3) is 0.278. The third kappa shape index (κ3) is 5.21. The number of hydrogen-bond donors (Lipinski definition) is 2. The van der Waals surface area contributed by atoms with Crippen LogP contribution < -0.4 is 10.6 Å². The number of hydrogen-bond acceptors (Lipinski definition) is 3. The van der Waals surface area contributed by atoms with E-state index in [1.54, 1.807) is 12.4 Å². The molecular weight excluding hydrogens is 290 g/mol. The van der Waals surface area contributed by atoms with E-state index in [9.17, 15) is 9.59 Å². The Hall–Kier alpha value is -2.69. The van der Waals surface area contributed by atoms with Gasteiger partial charge in [-0.25, -0.2) is 0 Å². The van der Waals surface area contributed by atoms with Gasteiger partial charge < -0.3 is 10.6 Å². The molecule has 1 aromatic heterocycles. The second-order valence-corrected chi connectivity index (χ2v) is 5.22. The van der Waals surface area contributed by atoms with Crippen LogP contribution in [-0.2, 0) is 9.59 Å². The zero-order valence-corrected chi connectivity index (χ0v) is 13.2. The summed E-state index contributed by atoms with van der Waals surface area (Å²) in [6.07, 6.45) is 4.58. The molecule has 23 heavy (non-hydrogen) atoms. The van der Waals surface area contributed by atoms with Gasteiger partial charge in [0.05, 0.1) is 12.6 Å². The average Bonchev–Trinajstić information content (AvgIpc) is 2.60. The Morgan fingerprint density at radius 1 is 1.00 bits per heavy atom. The lowest BCUT2D eigenvalue weighted by atomic mass is 10.00. The lowest BCUT2D eigenvalue weighted by molar-refractivity contribution is -0.126. The van der Waals surface area contributed by atoms with Crippen LogP contribution in [-0.4, -0.2) is 23.3 Å². The molecule has 2 amide bonds. The molecule has 0 bridgehead atoms. The summed E-state index contributed by atoms with van der Waals surface area (Å²) in [4.78, 5) is 27.7. The summed E-state index contributed by atoms with van der Waals surface area (Å²) < 4.78 is 0. The van der Waals surface area contributed by atoms with Crippen molar-refractivity contribution in [1.29, 1.82) is 0 Å². The standard InChI is InChI=1S/C18H21N3O2/c1-2-6-16(22)20-13-17(23)21-18(14-7-4-3-5-8-14)15-9-11-19-12-10-15/h3-5,7-12,18H,2,6,13H2,1H3,(H,20,22)(H,21,23). The predicted molar refractivity (Wildman–Crippen MR) is 88.6 cm³/mol. The van der Waals surface area contributed by atoms with Crippen molar-refractivity contribution in [2.24, 2.45) is 0 Å². The van der Waals surface area contributed by atoms with Crippen molar-refractivity contribution >= 4 is 11.8 Å². The van der Waals surface area contributed by atoms with E-state index in [4.69, 9.17) is 0 Å². The summed E-state index contributed by atoms with van der Waals surface area (Å²) >= 11 is 0. The summed E-state index contributed by atoms with van der Waals surface area (Å²) in [5, 5.41) is 5.59. The Morgan fingerprint density at radius 3 is 2.30 bits per heavy atom. The number of nitrogens with zero attached hydrogens (tertiary/aromatic N) is 1. The Kier molecular flexibility index (Phi) is 6.29. The fourth-order valence-corrected chi connectivity index (χ4v) is 2.27. The molecule has 2 aromatic rings. The maximum Gasteiger partial charge on any atom is 0.240 e. The summed E-state index contributed by atoms with van der Waals surface area (Å²) in [7, 11) is 0. The average molecular weight is 311 g/mol. The SMILES string of the molecule is CCCC(=O)NCC(=O)NC(c1ccccc1)c1ccncc1. The monoisotopic (exact) mass is 311 g/mol. The van der Waals surface area contributed by atoms with Gasteiger partial charge in [-0.05, 0) is 29.7 Å². The van der Waals surface area contributed by atoms with Crippen molar-refractivity contribution in [2.45, 2.75) is 25.8 Å². The van der Waals surface area contributed by atoms with E-state index in [-0.39, 0.29) is 24.4 Å². The molecule has 1 unspecified atom stereocenters. The quantitative estimate of drug-likeness (QED) is 0.823. The van der Waals surface area contributed by atoms with Crippen LogP contribution in [0.25, 0.3) is 0 Å². The van der Waals surface area contributed by atoms with E-state index in [2.05, 4.69) is 15.6 Å². The van der Waals surface area contributed by atoms with Crippen molar-refractivity contribution in [3.8, 4) is 0 Å². The second kappa shape index (κ2) is 8.68. The van der Waals surface area contributed by atoms with Crippen LogP contribution in [0.15, 0.2) is 54.9 Å². The predicted octanol–water partition coefficient (Wildman–Crippen LogP) is 2.20. The minimum atomic E-state index is -0.269. The summed E-state index contributed by atoms with van der Waals surface area (Å²) in [6, 6.07) is 13.2. The first-order chi connectivity index (χ1) is 11.2. The van der Waals surface area contributed by atoms with Crippen molar-refractivity contribution < 1.29 is 9.59 Å². The highest BCUT2D eigenvalue weighted by Crippen LogP contribution is 2.21. The van der Waals surface area contributed by atoms with E-state index < -0.39 is 0 Å². The topological polar surface area (TPSA) is 71.1 Å². The normalized spacial score (nSPS) is 11.5. The number of carbonyl (C=O) groups is 2. The van der Waals surface area contributed by atoms with E-state index >= 15 is 0 Å². The molecule has 0 aliphatic heterocycles. The van der Waals surface area contributed by atoms with Crippen molar-refractivity contribution in [1.82, 2.24) is 15.6 Å². The smallest absolute Gasteiger partial charge is 0.240 e. The van der Waals surface area contributed by atoms with Crippen LogP contribution in [0.2, 0.25) is 0 Å². The van der Waals surface area contributed by atoms with Gasteiger partial charge in [-0.15, -0.1) is 0 Å². The highest BCUT2D eigenvalue weighted by atomic mass is 16.2. The van der Waals surface area contributed by atoms with Gasteiger partial charge in [-0.3, -0.25) is 14.6 Å². The highest BCUT2D eigenvalue weighted by molar-refractivity contribution is 5.85. The van der Waals surface area contributed by atoms with E-state index in [1.807, 2.05) is 49.4 Å². The first-order valence-electron chi connectivity index (χ1n) is 7.71. The van der Waals surface area contributed by atoms with Gasteiger partial charge in [-0.2, -0.15) is 0 Å². The molecule has 120 valence electrons. The Morgan fingerprint density at radius 2 is 1.65 bits per heavy atom. The molecule has 0 aliphatic rings. The molecular formula is C18H21N3O2. The van der Waals surface area contributed by atoms with Gasteiger partial charge in [0.25, 0.3) is 0 Å². The van der Waals surface area contributed by atoms with Crippen LogP contribution in [0.3, 0.4) is 0 Å². The van der Waals surface area contributed by atoms with Crippen molar-refractivity contribution in [2.75, 3.05) is 6.54 Å². The van der Waals surface area contributed by atoms with Gasteiger partial charge in [0.1, 0.15) is 0 Å². The Balaban J connectivity index is 2.07. The molecule has 0 saturated carbocycles. The highest BCUT2D eigenvalue weighted by Gasteiger charge is 2.16. The number of rotatable bonds is 7. The summed E-state index contributed by atoms with van der Waals surface area (Å²) in [6.45, 7) is 1.90. The molecule has 1 atom stereocenters. The molecule has 2 rings (SSSR count). The number of aromatic nitrogens is 1. The number of pyridine rings is 1. The lowest BCUT2D eigenvalue weighted by Gasteiger charge is -2.20. The summed E-state index contributed by atoms with van der Waals surface area (Å²) in [5.74, 6) is -0.331. The van der Waals surface area contributed by atoms with Gasteiger partial charge in [-0.1, -0.05) is 37.3 Å². The first-order valence-corrected chi connectivity index (χ1v) is 7.71. The van der Waals surface area contributed by atoms with Gasteiger partial charge in [0.15, 0.2) is 0 Å². The fourth-order valence-electron chi connectivity index (χ4n) is 2.27. The molecule has 2 N–H and O–H groups in total.